The molecule has 0 fully saturated rings. The number of hydrogen-bond donors (Lipinski definition) is 2. The summed E-state index contributed by atoms with van der Waals surface area (Å²) >= 11 is 0. The topological polar surface area (TPSA) is 128 Å². The van der Waals surface area contributed by atoms with E-state index in [1.54, 1.807) is 26.0 Å². The van der Waals surface area contributed by atoms with E-state index in [0.29, 0.717) is 22.6 Å². The molecule has 28 heavy (non-hydrogen) atoms. The van der Waals surface area contributed by atoms with Gasteiger partial charge in [0.15, 0.2) is 0 Å². The first-order valence-electron chi connectivity index (χ1n) is 8.25. The van der Waals surface area contributed by atoms with Crippen LogP contribution in [0, 0.1) is 30.9 Å². The van der Waals surface area contributed by atoms with Crippen molar-refractivity contribution in [2.45, 2.75) is 25.7 Å². The second-order valence-corrected chi connectivity index (χ2v) is 7.95. The highest BCUT2D eigenvalue weighted by atomic mass is 32.2. The molecule has 2 aromatic carbocycles. The van der Waals surface area contributed by atoms with Crippen LogP contribution >= 0.6 is 0 Å². The van der Waals surface area contributed by atoms with Gasteiger partial charge in [-0.2, -0.15) is 0 Å². The number of sulfonamides is 1. The number of methoxy groups -OCH3 is 1. The molecule has 1 amide bonds. The molecule has 0 heterocycles. The Kier molecular flexibility index (Phi) is 6.37. The lowest BCUT2D eigenvalue weighted by molar-refractivity contribution is -0.385. The summed E-state index contributed by atoms with van der Waals surface area (Å²) in [4.78, 5) is 22.3. The number of nitro groups is 1. The second-order valence-electron chi connectivity index (χ2n) is 6.22. The Hall–Kier alpha value is -2.98. The quantitative estimate of drug-likeness (QED) is 0.536. The molecule has 10 heteroatoms. The Morgan fingerprint density at radius 2 is 1.86 bits per heavy atom. The predicted octanol–water partition coefficient (Wildman–Crippen LogP) is 2.45. The minimum absolute atomic E-state index is 0.236. The van der Waals surface area contributed by atoms with Crippen LogP contribution < -0.4 is 14.8 Å². The van der Waals surface area contributed by atoms with Crippen LogP contribution in [-0.4, -0.2) is 32.9 Å². The third kappa shape index (κ3) is 4.84. The van der Waals surface area contributed by atoms with Crippen molar-refractivity contribution in [1.82, 2.24) is 4.72 Å². The number of non-ortho nitro benzene ring substituents is 1. The number of ether oxygens (including phenoxy) is 1. The van der Waals surface area contributed by atoms with Gasteiger partial charge in [-0.3, -0.25) is 14.9 Å². The van der Waals surface area contributed by atoms with E-state index in [2.05, 4.69) is 10.0 Å². The first-order chi connectivity index (χ1) is 13.0. The highest BCUT2D eigenvalue weighted by Gasteiger charge is 2.23. The highest BCUT2D eigenvalue weighted by Crippen LogP contribution is 2.26. The van der Waals surface area contributed by atoms with E-state index in [4.69, 9.17) is 4.74 Å². The number of nitro benzene ring substituents is 1. The number of amides is 1. The maximum atomic E-state index is 12.6. The average molecular weight is 407 g/mol. The van der Waals surface area contributed by atoms with E-state index in [1.165, 1.54) is 13.2 Å². The van der Waals surface area contributed by atoms with Crippen LogP contribution in [0.4, 0.5) is 11.4 Å². The van der Waals surface area contributed by atoms with Crippen molar-refractivity contribution in [1.29, 1.82) is 0 Å². The minimum atomic E-state index is -4.13. The van der Waals surface area contributed by atoms with E-state index in [0.717, 1.165) is 11.6 Å². The fourth-order valence-electron chi connectivity index (χ4n) is 2.55. The molecule has 2 rings (SSSR count). The fourth-order valence-corrected chi connectivity index (χ4v) is 3.86. The molecule has 0 aromatic heterocycles. The van der Waals surface area contributed by atoms with Gasteiger partial charge in [0.1, 0.15) is 5.75 Å². The predicted molar refractivity (Wildman–Crippen MR) is 104 cm³/mol. The van der Waals surface area contributed by atoms with Crippen molar-refractivity contribution in [2.75, 3.05) is 19.0 Å². The molecule has 2 aromatic rings. The van der Waals surface area contributed by atoms with E-state index < -0.39 is 27.4 Å². The summed E-state index contributed by atoms with van der Waals surface area (Å²) in [6, 6.07) is 7.46. The second kappa shape index (κ2) is 8.36. The Morgan fingerprint density at radius 1 is 1.18 bits per heavy atom. The molecule has 0 radical (unpaired) electrons. The first kappa shape index (κ1) is 21.3. The number of carbonyl (C=O) groups is 1. The van der Waals surface area contributed by atoms with Crippen molar-refractivity contribution in [3.63, 3.8) is 0 Å². The Balaban J connectivity index is 2.19. The number of benzene rings is 2. The van der Waals surface area contributed by atoms with Crippen LogP contribution in [-0.2, 0) is 14.8 Å². The van der Waals surface area contributed by atoms with E-state index in [1.807, 2.05) is 13.0 Å². The van der Waals surface area contributed by atoms with Crippen molar-refractivity contribution in [3.8, 4) is 5.75 Å². The maximum absolute atomic E-state index is 12.6. The summed E-state index contributed by atoms with van der Waals surface area (Å²) in [5.41, 5.74) is 1.80. The van der Waals surface area contributed by atoms with E-state index in [-0.39, 0.29) is 10.6 Å². The Labute approximate surface area is 162 Å². The first-order valence-corrected chi connectivity index (χ1v) is 9.73. The maximum Gasteiger partial charge on any atom is 0.271 e. The van der Waals surface area contributed by atoms with E-state index >= 15 is 0 Å². The number of anilines is 1. The zero-order valence-electron chi connectivity index (χ0n) is 15.9. The van der Waals surface area contributed by atoms with Crippen molar-refractivity contribution in [2.24, 2.45) is 0 Å². The molecule has 0 aliphatic heterocycles. The molecule has 0 atom stereocenters. The average Bonchev–Trinajstić information content (AvgIpc) is 2.62. The number of carbonyl (C=O) groups excluding carboxylic acids is 1. The highest BCUT2D eigenvalue weighted by molar-refractivity contribution is 7.89. The van der Waals surface area contributed by atoms with Gasteiger partial charge in [0, 0.05) is 12.1 Å². The molecule has 0 aliphatic carbocycles. The van der Waals surface area contributed by atoms with Crippen LogP contribution in [0.1, 0.15) is 16.7 Å². The minimum Gasteiger partial charge on any atom is -0.495 e. The molecule has 0 saturated carbocycles. The van der Waals surface area contributed by atoms with Gasteiger partial charge >= 0.3 is 0 Å². The van der Waals surface area contributed by atoms with Crippen molar-refractivity contribution < 1.29 is 22.9 Å². The largest absolute Gasteiger partial charge is 0.495 e. The molecule has 150 valence electrons. The lowest BCUT2D eigenvalue weighted by atomic mass is 10.1. The summed E-state index contributed by atoms with van der Waals surface area (Å²) in [6.45, 7) is 4.43. The van der Waals surface area contributed by atoms with Crippen LogP contribution in [0.3, 0.4) is 0 Å². The smallest absolute Gasteiger partial charge is 0.271 e. The lowest BCUT2D eigenvalue weighted by Gasteiger charge is -2.13. The summed E-state index contributed by atoms with van der Waals surface area (Å²) in [5, 5.41) is 13.6. The molecule has 0 bridgehead atoms. The number of hydrogen-bond acceptors (Lipinski definition) is 6. The molecule has 0 spiro atoms. The van der Waals surface area contributed by atoms with Gasteiger partial charge in [0.25, 0.3) is 5.69 Å². The summed E-state index contributed by atoms with van der Waals surface area (Å²) in [7, 11) is -2.67. The molecule has 0 unspecified atom stereocenters. The lowest BCUT2D eigenvalue weighted by Crippen LogP contribution is -2.33. The third-order valence-electron chi connectivity index (χ3n) is 4.16. The molecule has 2 N–H and O–H groups in total. The van der Waals surface area contributed by atoms with Crippen LogP contribution in [0.25, 0.3) is 0 Å². The molecular formula is C18H21N3O6S. The molecule has 0 aliphatic rings. The standard InChI is InChI=1S/C18H21N3O6S/c1-11-5-6-16(27-4)15(7-11)20-18(22)10-19-28(25,26)17-9-14(21(23)24)8-12(2)13(17)3/h5-9,19H,10H2,1-4H3,(H,20,22). The van der Waals surface area contributed by atoms with Gasteiger partial charge in [-0.1, -0.05) is 6.07 Å². The zero-order chi connectivity index (χ0) is 21.1. The summed E-state index contributed by atoms with van der Waals surface area (Å²) < 4.78 is 32.5. The van der Waals surface area contributed by atoms with E-state index in [9.17, 15) is 23.3 Å². The number of aryl methyl sites for hydroxylation is 2. The van der Waals surface area contributed by atoms with Gasteiger partial charge in [-0.15, -0.1) is 0 Å². The van der Waals surface area contributed by atoms with Gasteiger partial charge in [0.05, 0.1) is 29.2 Å². The van der Waals surface area contributed by atoms with Crippen molar-refractivity contribution in [3.05, 3.63) is 57.1 Å². The Morgan fingerprint density at radius 3 is 2.46 bits per heavy atom. The van der Waals surface area contributed by atoms with Crippen LogP contribution in [0.2, 0.25) is 0 Å². The summed E-state index contributed by atoms with van der Waals surface area (Å²) in [6.07, 6.45) is 0. The van der Waals surface area contributed by atoms with Crippen LogP contribution in [0.15, 0.2) is 35.2 Å². The monoisotopic (exact) mass is 407 g/mol. The molecule has 0 saturated heterocycles. The molecule has 9 nitrogen and oxygen atoms in total. The van der Waals surface area contributed by atoms with Crippen LogP contribution in [0.5, 0.6) is 5.75 Å². The number of nitrogens with zero attached hydrogens (tertiary/aromatic N) is 1. The molecular weight excluding hydrogens is 386 g/mol. The number of nitrogens with one attached hydrogen (secondary N) is 2. The van der Waals surface area contributed by atoms with Gasteiger partial charge in [-0.05, 0) is 49.6 Å². The van der Waals surface area contributed by atoms with Gasteiger partial charge in [-0.25, -0.2) is 13.1 Å². The fraction of sp³-hybridized carbons (Fsp3) is 0.278. The zero-order valence-corrected chi connectivity index (χ0v) is 16.7. The van der Waals surface area contributed by atoms with Crippen molar-refractivity contribution >= 4 is 27.3 Å². The van der Waals surface area contributed by atoms with Gasteiger partial charge in [0.2, 0.25) is 15.9 Å². The normalized spacial score (nSPS) is 11.1. The van der Waals surface area contributed by atoms with Gasteiger partial charge < -0.3 is 10.1 Å². The number of rotatable bonds is 7. The SMILES string of the molecule is COc1ccc(C)cc1NC(=O)CNS(=O)(=O)c1cc([N+](=O)[O-])cc(C)c1C. The third-order valence-corrected chi connectivity index (χ3v) is 5.68. The summed E-state index contributed by atoms with van der Waals surface area (Å²) in [5.74, 6) is -0.167. The Bertz CT molecular complexity index is 1030.